The van der Waals surface area contributed by atoms with Gasteiger partial charge in [-0.3, -0.25) is 5.10 Å². The lowest BCUT2D eigenvalue weighted by Gasteiger charge is -2.00. The Kier molecular flexibility index (Phi) is 2.75. The largest absolute Gasteiger partial charge is 0.282 e. The van der Waals surface area contributed by atoms with Gasteiger partial charge in [-0.05, 0) is 23.8 Å². The van der Waals surface area contributed by atoms with Crippen LogP contribution in [0.5, 0.6) is 0 Å². The summed E-state index contributed by atoms with van der Waals surface area (Å²) >= 11 is 11.7. The van der Waals surface area contributed by atoms with Crippen LogP contribution in [0.2, 0.25) is 10.0 Å². The second-order valence-corrected chi connectivity index (χ2v) is 3.82. The van der Waals surface area contributed by atoms with Crippen molar-refractivity contribution in [2.24, 2.45) is 0 Å². The minimum atomic E-state index is 0.583. The summed E-state index contributed by atoms with van der Waals surface area (Å²) < 4.78 is 0. The number of hydrogen-bond donors (Lipinski definition) is 1. The molecule has 0 atom stereocenters. The second kappa shape index (κ2) is 4.03. The van der Waals surface area contributed by atoms with Crippen LogP contribution in [0.3, 0.4) is 0 Å². The Morgan fingerprint density at radius 1 is 1.14 bits per heavy atom. The first-order chi connectivity index (χ1) is 6.75. The molecule has 2 nitrogen and oxygen atoms in total. The zero-order valence-corrected chi connectivity index (χ0v) is 8.81. The van der Waals surface area contributed by atoms with Crippen LogP contribution in [-0.2, 0) is 6.42 Å². The molecule has 0 spiro atoms. The molecule has 1 aromatic carbocycles. The van der Waals surface area contributed by atoms with E-state index in [0.29, 0.717) is 10.0 Å². The van der Waals surface area contributed by atoms with Gasteiger partial charge in [0.1, 0.15) is 0 Å². The fraction of sp³-hybridized carbons (Fsp3) is 0.100. The van der Waals surface area contributed by atoms with Crippen molar-refractivity contribution in [3.63, 3.8) is 0 Å². The first-order valence-corrected chi connectivity index (χ1v) is 4.93. The van der Waals surface area contributed by atoms with E-state index in [0.717, 1.165) is 17.7 Å². The topological polar surface area (TPSA) is 28.7 Å². The highest BCUT2D eigenvalue weighted by Crippen LogP contribution is 2.23. The summed E-state index contributed by atoms with van der Waals surface area (Å²) in [4.78, 5) is 0. The van der Waals surface area contributed by atoms with Crippen molar-refractivity contribution < 1.29 is 0 Å². The third kappa shape index (κ3) is 2.08. The molecule has 0 unspecified atom stereocenters. The fourth-order valence-corrected chi connectivity index (χ4v) is 1.57. The summed E-state index contributed by atoms with van der Waals surface area (Å²) in [5.74, 6) is 0. The molecule has 1 aromatic heterocycles. The van der Waals surface area contributed by atoms with E-state index in [1.165, 1.54) is 0 Å². The summed E-state index contributed by atoms with van der Waals surface area (Å²) in [6, 6.07) is 7.55. The molecule has 0 fully saturated rings. The van der Waals surface area contributed by atoms with Gasteiger partial charge in [0.05, 0.1) is 10.0 Å². The van der Waals surface area contributed by atoms with E-state index in [-0.39, 0.29) is 0 Å². The normalized spacial score (nSPS) is 10.4. The van der Waals surface area contributed by atoms with E-state index in [4.69, 9.17) is 23.2 Å². The number of aromatic amines is 1. The van der Waals surface area contributed by atoms with E-state index in [9.17, 15) is 0 Å². The van der Waals surface area contributed by atoms with Crippen LogP contribution in [0.1, 0.15) is 11.3 Å². The number of H-pyrrole nitrogens is 1. The standard InChI is InChI=1S/C10H8Cl2N2/c11-9-2-1-7(6-10(9)12)5-8-3-4-13-14-8/h1-4,6H,5H2,(H,13,14). The Bertz CT molecular complexity index is 424. The third-order valence-corrected chi connectivity index (χ3v) is 2.68. The summed E-state index contributed by atoms with van der Waals surface area (Å²) in [6.45, 7) is 0. The number of benzene rings is 1. The minimum Gasteiger partial charge on any atom is -0.282 e. The molecule has 1 heterocycles. The molecule has 0 saturated carbocycles. The molecular weight excluding hydrogens is 219 g/mol. The molecule has 0 aliphatic heterocycles. The molecule has 0 aliphatic rings. The van der Waals surface area contributed by atoms with Crippen molar-refractivity contribution in [3.05, 3.63) is 51.8 Å². The van der Waals surface area contributed by atoms with Crippen LogP contribution in [0.4, 0.5) is 0 Å². The smallest absolute Gasteiger partial charge is 0.0595 e. The van der Waals surface area contributed by atoms with E-state index in [2.05, 4.69) is 10.2 Å². The molecule has 0 saturated heterocycles. The summed E-state index contributed by atoms with van der Waals surface area (Å²) in [5, 5.41) is 7.94. The number of nitrogens with zero attached hydrogens (tertiary/aromatic N) is 1. The van der Waals surface area contributed by atoms with Crippen molar-refractivity contribution in [1.29, 1.82) is 0 Å². The fourth-order valence-electron chi connectivity index (χ4n) is 1.25. The SMILES string of the molecule is Clc1ccc(Cc2ccn[nH]2)cc1Cl. The minimum absolute atomic E-state index is 0.583. The maximum atomic E-state index is 5.90. The van der Waals surface area contributed by atoms with Crippen molar-refractivity contribution >= 4 is 23.2 Å². The average molecular weight is 227 g/mol. The van der Waals surface area contributed by atoms with Crippen LogP contribution in [0.15, 0.2) is 30.5 Å². The van der Waals surface area contributed by atoms with Gasteiger partial charge in [0, 0.05) is 18.3 Å². The zero-order chi connectivity index (χ0) is 9.97. The summed E-state index contributed by atoms with van der Waals surface area (Å²) in [6.07, 6.45) is 2.52. The zero-order valence-electron chi connectivity index (χ0n) is 7.30. The molecule has 2 rings (SSSR count). The number of aromatic nitrogens is 2. The molecule has 72 valence electrons. The van der Waals surface area contributed by atoms with Gasteiger partial charge in [-0.25, -0.2) is 0 Å². The molecule has 14 heavy (non-hydrogen) atoms. The number of halogens is 2. The van der Waals surface area contributed by atoms with Gasteiger partial charge in [-0.2, -0.15) is 5.10 Å². The van der Waals surface area contributed by atoms with Gasteiger partial charge in [0.2, 0.25) is 0 Å². The van der Waals surface area contributed by atoms with Crippen molar-refractivity contribution in [2.45, 2.75) is 6.42 Å². The molecule has 1 N–H and O–H groups in total. The van der Waals surface area contributed by atoms with Gasteiger partial charge in [-0.15, -0.1) is 0 Å². The first-order valence-electron chi connectivity index (χ1n) is 4.18. The number of hydrogen-bond acceptors (Lipinski definition) is 1. The lowest BCUT2D eigenvalue weighted by Crippen LogP contribution is -1.88. The Balaban J connectivity index is 2.22. The maximum Gasteiger partial charge on any atom is 0.0595 e. The average Bonchev–Trinajstić information content (AvgIpc) is 2.64. The quantitative estimate of drug-likeness (QED) is 0.837. The highest BCUT2D eigenvalue weighted by Gasteiger charge is 2.01. The summed E-state index contributed by atoms with van der Waals surface area (Å²) in [5.41, 5.74) is 2.17. The van der Waals surface area contributed by atoms with Gasteiger partial charge < -0.3 is 0 Å². The molecule has 0 bridgehead atoms. The maximum absolute atomic E-state index is 5.90. The number of nitrogens with one attached hydrogen (secondary N) is 1. The van der Waals surface area contributed by atoms with Gasteiger partial charge >= 0.3 is 0 Å². The first kappa shape index (κ1) is 9.56. The Morgan fingerprint density at radius 3 is 2.64 bits per heavy atom. The van der Waals surface area contributed by atoms with Crippen LogP contribution in [0, 0.1) is 0 Å². The Hall–Kier alpha value is -0.990. The van der Waals surface area contributed by atoms with Crippen LogP contribution in [0.25, 0.3) is 0 Å². The van der Waals surface area contributed by atoms with E-state index in [1.54, 1.807) is 12.3 Å². The molecule has 0 radical (unpaired) electrons. The third-order valence-electron chi connectivity index (χ3n) is 1.94. The van der Waals surface area contributed by atoms with E-state index in [1.807, 2.05) is 18.2 Å². The predicted molar refractivity (Wildman–Crippen MR) is 57.9 cm³/mol. The Labute approximate surface area is 91.9 Å². The van der Waals surface area contributed by atoms with Crippen LogP contribution < -0.4 is 0 Å². The highest BCUT2D eigenvalue weighted by molar-refractivity contribution is 6.42. The molecular formula is C10H8Cl2N2. The van der Waals surface area contributed by atoms with Gasteiger partial charge in [-0.1, -0.05) is 29.3 Å². The Morgan fingerprint density at radius 2 is 2.00 bits per heavy atom. The molecule has 2 aromatic rings. The number of rotatable bonds is 2. The van der Waals surface area contributed by atoms with Crippen molar-refractivity contribution in [3.8, 4) is 0 Å². The van der Waals surface area contributed by atoms with Crippen molar-refractivity contribution in [1.82, 2.24) is 10.2 Å². The monoisotopic (exact) mass is 226 g/mol. The lowest BCUT2D eigenvalue weighted by molar-refractivity contribution is 0.996. The highest BCUT2D eigenvalue weighted by atomic mass is 35.5. The van der Waals surface area contributed by atoms with Crippen LogP contribution >= 0.6 is 23.2 Å². The molecule has 4 heteroatoms. The molecule has 0 aliphatic carbocycles. The van der Waals surface area contributed by atoms with Crippen LogP contribution in [-0.4, -0.2) is 10.2 Å². The molecule has 0 amide bonds. The van der Waals surface area contributed by atoms with Crippen molar-refractivity contribution in [2.75, 3.05) is 0 Å². The van der Waals surface area contributed by atoms with Gasteiger partial charge in [0.25, 0.3) is 0 Å². The lowest BCUT2D eigenvalue weighted by atomic mass is 10.1. The van der Waals surface area contributed by atoms with E-state index < -0.39 is 0 Å². The summed E-state index contributed by atoms with van der Waals surface area (Å²) in [7, 11) is 0. The van der Waals surface area contributed by atoms with E-state index >= 15 is 0 Å². The van der Waals surface area contributed by atoms with Gasteiger partial charge in [0.15, 0.2) is 0 Å². The second-order valence-electron chi connectivity index (χ2n) is 3.01. The predicted octanol–water partition coefficient (Wildman–Crippen LogP) is 3.31.